The van der Waals surface area contributed by atoms with Gasteiger partial charge in [-0.1, -0.05) is 159 Å². The molecule has 1 aliphatic rings. The summed E-state index contributed by atoms with van der Waals surface area (Å²) in [5.41, 5.74) is -0.291. The lowest BCUT2D eigenvalue weighted by atomic mass is 10.1. The van der Waals surface area contributed by atoms with Gasteiger partial charge in [0.2, 0.25) is 0 Å². The van der Waals surface area contributed by atoms with E-state index in [1.54, 1.807) is 12.1 Å². The molecule has 0 amide bonds. The average molecular weight is 986 g/mol. The molecule has 2 heterocycles. The minimum Gasteiger partial charge on any atom is -0.744 e. The third-order valence-corrected chi connectivity index (χ3v) is 13.1. The fourth-order valence-electron chi connectivity index (χ4n) is 8.32. The van der Waals surface area contributed by atoms with Crippen molar-refractivity contribution in [2.24, 2.45) is 0 Å². The van der Waals surface area contributed by atoms with Gasteiger partial charge in [0.05, 0.1) is 26.0 Å². The molecule has 0 aliphatic carbocycles. The summed E-state index contributed by atoms with van der Waals surface area (Å²) in [6, 6.07) is 7.01. The number of esters is 2. The largest absolute Gasteiger partial charge is 0.744 e. The second-order valence-corrected chi connectivity index (χ2v) is 21.3. The maximum Gasteiger partial charge on any atom is 0.330 e. The fourth-order valence-corrected chi connectivity index (χ4v) is 8.79. The number of aromatic nitrogens is 2. The van der Waals surface area contributed by atoms with Crippen molar-refractivity contribution in [3.05, 3.63) is 87.2 Å². The normalized spacial score (nSPS) is 17.3. The van der Waals surface area contributed by atoms with Crippen LogP contribution in [0.1, 0.15) is 205 Å². The van der Waals surface area contributed by atoms with Crippen molar-refractivity contribution in [3.8, 4) is 0 Å². The monoisotopic (exact) mass is 986 g/mol. The lowest BCUT2D eigenvalue weighted by Crippen LogP contribution is -2.48. The van der Waals surface area contributed by atoms with E-state index in [-0.39, 0.29) is 23.7 Å². The zero-order chi connectivity index (χ0) is 50.8. The molecule has 0 spiro atoms. The van der Waals surface area contributed by atoms with Crippen LogP contribution in [0.2, 0.25) is 0 Å². The van der Waals surface area contributed by atoms with Crippen molar-refractivity contribution in [2.45, 2.75) is 230 Å². The first-order valence-electron chi connectivity index (χ1n) is 26.5. The molecular weight excluding hydrogens is 895 g/mol. The number of aryl methyl sites for hydroxylation is 1. The Morgan fingerprint density at radius 3 is 1.45 bits per heavy atom. The molecule has 13 nitrogen and oxygen atoms in total. The highest BCUT2D eigenvalue weighted by Crippen LogP contribution is 2.35. The number of nitrogens with one attached hydrogen (secondary N) is 1. The molecule has 0 saturated carbocycles. The Hall–Kier alpha value is -3.85. The van der Waals surface area contributed by atoms with Crippen molar-refractivity contribution < 1.29 is 41.3 Å². The van der Waals surface area contributed by atoms with E-state index in [4.69, 9.17) is 14.2 Å². The van der Waals surface area contributed by atoms with Gasteiger partial charge in [0, 0.05) is 25.1 Å². The third kappa shape index (κ3) is 29.2. The topological polar surface area (TPSA) is 174 Å². The van der Waals surface area contributed by atoms with Crippen molar-refractivity contribution in [3.63, 3.8) is 0 Å². The van der Waals surface area contributed by atoms with E-state index in [2.05, 4.69) is 43.1 Å². The molecule has 1 N–H and O–H groups in total. The molecule has 3 rings (SSSR count). The number of benzene rings is 1. The van der Waals surface area contributed by atoms with E-state index < -0.39 is 51.9 Å². The molecule has 0 radical (unpaired) electrons. The lowest BCUT2D eigenvalue weighted by Gasteiger charge is -2.30. The van der Waals surface area contributed by atoms with Gasteiger partial charge in [-0.25, -0.2) is 13.2 Å². The third-order valence-electron chi connectivity index (χ3n) is 12.3. The second kappa shape index (κ2) is 36.1. The molecule has 1 saturated heterocycles. The smallest absolute Gasteiger partial charge is 0.330 e. The van der Waals surface area contributed by atoms with Gasteiger partial charge in [-0.15, -0.1) is 0 Å². The molecule has 1 aliphatic heterocycles. The maximum atomic E-state index is 13.3. The number of ether oxygens (including phenoxy) is 3. The first-order valence-corrected chi connectivity index (χ1v) is 28.0. The molecule has 1 aromatic heterocycles. The van der Waals surface area contributed by atoms with Gasteiger partial charge in [0.1, 0.15) is 22.8 Å². The van der Waals surface area contributed by atoms with Crippen molar-refractivity contribution in [1.29, 1.82) is 0 Å². The van der Waals surface area contributed by atoms with E-state index in [1.165, 1.54) is 119 Å². The summed E-state index contributed by atoms with van der Waals surface area (Å²) < 4.78 is 51.4. The Bertz CT molecular complexity index is 1970. The Kier molecular flexibility index (Phi) is 32.1. The van der Waals surface area contributed by atoms with Gasteiger partial charge in [-0.3, -0.25) is 23.9 Å². The van der Waals surface area contributed by atoms with E-state index >= 15 is 0 Å². The molecule has 392 valence electrons. The van der Waals surface area contributed by atoms with E-state index in [9.17, 15) is 32.1 Å². The van der Waals surface area contributed by atoms with Gasteiger partial charge in [-0.2, -0.15) is 0 Å². The number of nitrogens with zero attached hydrogens (tertiary/aromatic N) is 2. The summed E-state index contributed by atoms with van der Waals surface area (Å²) in [4.78, 5) is 53.6. The highest BCUT2D eigenvalue weighted by Gasteiger charge is 2.52. The van der Waals surface area contributed by atoms with Gasteiger partial charge < -0.3 is 23.2 Å². The maximum absolute atomic E-state index is 13.3. The Morgan fingerprint density at radius 1 is 0.638 bits per heavy atom. The van der Waals surface area contributed by atoms with Gasteiger partial charge in [0.15, 0.2) is 18.4 Å². The standard InChI is InChI=1S/C48H83N3O7.C7H8O3S/c1-6-8-10-12-14-16-18-20-22-24-26-28-30-32-34-36-43(53)57-45-41(40-51(3,4)5)56-47(50-39-38-42(52)49-48(50)55)46(45)58-44(54)37-35-33-31-29-27-25-23-21-19-17-15-13-11-9-7-2;1-6-2-4-7(5-3-6)11(8,9)10/h20-23,38-39,41,45-47H,6-19,24-37,40H2,1-5H3;2-5H,1H3,(H,8,9,10)/b22-20-,23-21-;/t41-,45-,46-,47-;/m1./s1. The van der Waals surface area contributed by atoms with E-state index in [0.717, 1.165) is 69.8 Å². The Labute approximate surface area is 416 Å². The van der Waals surface area contributed by atoms with Crippen molar-refractivity contribution in [1.82, 2.24) is 9.55 Å². The molecular formula is C55H91N3O10S. The second-order valence-electron chi connectivity index (χ2n) is 19.9. The Balaban J connectivity index is 0.00000130. The quantitative estimate of drug-likeness (QED) is 0.0227. The van der Waals surface area contributed by atoms with Crippen LogP contribution in [-0.4, -0.2) is 84.9 Å². The molecule has 1 aromatic carbocycles. The number of rotatable bonds is 36. The summed E-state index contributed by atoms with van der Waals surface area (Å²) in [7, 11) is 1.73. The number of quaternary nitrogens is 1. The zero-order valence-corrected chi connectivity index (χ0v) is 44.3. The SMILES string of the molecule is CCCCCCCC/C=C\CCCCCCCC(=O)O[C@@H]1[C@H](OC(=O)CCCCCCC/C=C\CCCCCCCC)[C@@H](C[N+](C)(C)C)O[C@H]1n1ccc(=O)[nH]c1=O.Cc1ccc(S(=O)(=O)[O-])cc1. The predicted molar refractivity (Wildman–Crippen MR) is 276 cm³/mol. The molecule has 2 aromatic rings. The lowest BCUT2D eigenvalue weighted by molar-refractivity contribution is -0.874. The minimum absolute atomic E-state index is 0.178. The number of aromatic amines is 1. The van der Waals surface area contributed by atoms with Gasteiger partial charge >= 0.3 is 17.6 Å². The van der Waals surface area contributed by atoms with Crippen molar-refractivity contribution in [2.75, 3.05) is 27.7 Å². The van der Waals surface area contributed by atoms with Crippen LogP contribution in [0.15, 0.2) is 75.3 Å². The summed E-state index contributed by atoms with van der Waals surface area (Å²) in [5.74, 6) is -0.789. The van der Waals surface area contributed by atoms with Crippen LogP contribution in [0.5, 0.6) is 0 Å². The number of hydrogen-bond acceptors (Lipinski definition) is 10. The van der Waals surface area contributed by atoms with Gasteiger partial charge in [-0.05, 0) is 83.3 Å². The summed E-state index contributed by atoms with van der Waals surface area (Å²) >= 11 is 0. The van der Waals surface area contributed by atoms with Crippen LogP contribution in [0.4, 0.5) is 0 Å². The average Bonchev–Trinajstić information content (AvgIpc) is 3.59. The Morgan fingerprint density at radius 2 is 1.04 bits per heavy atom. The zero-order valence-electron chi connectivity index (χ0n) is 43.5. The summed E-state index contributed by atoms with van der Waals surface area (Å²) in [6.45, 7) is 6.77. The predicted octanol–water partition coefficient (Wildman–Crippen LogP) is 11.9. The first kappa shape index (κ1) is 61.3. The van der Waals surface area contributed by atoms with E-state index in [0.29, 0.717) is 23.9 Å². The summed E-state index contributed by atoms with van der Waals surface area (Å²) in [6.07, 6.45) is 37.8. The summed E-state index contributed by atoms with van der Waals surface area (Å²) in [5, 5.41) is 0. The number of carbonyl (C=O) groups is 2. The van der Waals surface area contributed by atoms with E-state index in [1.807, 2.05) is 28.1 Å². The molecule has 4 atom stereocenters. The highest BCUT2D eigenvalue weighted by atomic mass is 32.2. The van der Waals surface area contributed by atoms with Crippen LogP contribution in [0.25, 0.3) is 0 Å². The number of carbonyl (C=O) groups excluding carboxylic acids is 2. The number of unbranched alkanes of at least 4 members (excludes halogenated alkanes) is 22. The number of allylic oxidation sites excluding steroid dienone is 4. The first-order chi connectivity index (χ1) is 33.1. The molecule has 1 fully saturated rings. The number of H-pyrrole nitrogens is 1. The molecule has 14 heteroatoms. The number of likely N-dealkylation sites (N-methyl/N-ethyl adjacent to an activating group) is 1. The van der Waals surface area contributed by atoms with Crippen LogP contribution in [-0.2, 0) is 33.9 Å². The molecule has 69 heavy (non-hydrogen) atoms. The van der Waals surface area contributed by atoms with Crippen LogP contribution in [0.3, 0.4) is 0 Å². The van der Waals surface area contributed by atoms with Crippen LogP contribution in [0, 0.1) is 6.92 Å². The van der Waals surface area contributed by atoms with Gasteiger partial charge in [0.25, 0.3) is 5.56 Å². The van der Waals surface area contributed by atoms with Crippen molar-refractivity contribution >= 4 is 22.1 Å². The molecule has 0 unspecified atom stereocenters. The van der Waals surface area contributed by atoms with Crippen LogP contribution < -0.4 is 11.2 Å². The molecule has 0 bridgehead atoms. The minimum atomic E-state index is -4.27. The highest BCUT2D eigenvalue weighted by molar-refractivity contribution is 7.85. The fraction of sp³-hybridized carbons (Fsp3) is 0.709. The number of hydrogen-bond donors (Lipinski definition) is 1. The van der Waals surface area contributed by atoms with Crippen LogP contribution >= 0.6 is 0 Å².